The van der Waals surface area contributed by atoms with Crippen LogP contribution in [-0.4, -0.2) is 38.6 Å². The van der Waals surface area contributed by atoms with Crippen LogP contribution in [0.25, 0.3) is 11.3 Å². The van der Waals surface area contributed by atoms with Crippen LogP contribution in [0.1, 0.15) is 25.5 Å². The average Bonchev–Trinajstić information content (AvgIpc) is 3.06. The molecular formula is C15H16ClN3O3. The third-order valence-electron chi connectivity index (χ3n) is 3.84. The topological polar surface area (TPSA) is 78.5 Å². The number of carboxylic acid groups (broad SMARTS) is 1. The van der Waals surface area contributed by atoms with Crippen molar-refractivity contribution in [1.29, 1.82) is 0 Å². The van der Waals surface area contributed by atoms with Gasteiger partial charge in [-0.05, 0) is 37.6 Å². The summed E-state index contributed by atoms with van der Waals surface area (Å²) in [7, 11) is 0. The molecule has 2 heterocycles. The number of carbonyl (C=O) groups is 1. The van der Waals surface area contributed by atoms with Crippen LogP contribution in [0.4, 0.5) is 4.79 Å². The largest absolute Gasteiger partial charge is 0.465 e. The average molecular weight is 322 g/mol. The molecule has 1 aliphatic heterocycles. The third-order valence-corrected chi connectivity index (χ3v) is 4.17. The fourth-order valence-corrected chi connectivity index (χ4v) is 2.98. The number of hydrogen-bond acceptors (Lipinski definition) is 3. The van der Waals surface area contributed by atoms with Gasteiger partial charge in [0, 0.05) is 11.8 Å². The summed E-state index contributed by atoms with van der Waals surface area (Å²) in [6, 6.07) is 6.89. The van der Waals surface area contributed by atoms with E-state index in [9.17, 15) is 9.90 Å². The second kappa shape index (κ2) is 5.30. The fraction of sp³-hybridized carbons (Fsp3) is 0.333. The molecule has 1 saturated heterocycles. The maximum atomic E-state index is 11.6. The predicted octanol–water partition coefficient (Wildman–Crippen LogP) is 3.52. The molecule has 6 nitrogen and oxygen atoms in total. The maximum Gasteiger partial charge on any atom is 0.410 e. The van der Waals surface area contributed by atoms with E-state index in [4.69, 9.17) is 16.3 Å². The number of halogens is 1. The van der Waals surface area contributed by atoms with Gasteiger partial charge in [-0.15, -0.1) is 0 Å². The summed E-state index contributed by atoms with van der Waals surface area (Å²) in [6.45, 7) is 3.79. The Bertz CT molecular complexity index is 700. The second-order valence-corrected chi connectivity index (χ2v) is 6.03. The smallest absolute Gasteiger partial charge is 0.410 e. The van der Waals surface area contributed by atoms with Crippen molar-refractivity contribution in [2.75, 3.05) is 6.61 Å². The quantitative estimate of drug-likeness (QED) is 0.887. The van der Waals surface area contributed by atoms with E-state index in [0.717, 1.165) is 11.1 Å². The lowest BCUT2D eigenvalue weighted by atomic mass is 10.0. The summed E-state index contributed by atoms with van der Waals surface area (Å²) < 4.78 is 5.63. The Balaban J connectivity index is 2.02. The molecule has 1 unspecified atom stereocenters. The lowest BCUT2D eigenvalue weighted by Gasteiger charge is -2.31. The van der Waals surface area contributed by atoms with Crippen LogP contribution < -0.4 is 0 Å². The molecule has 0 aliphatic carbocycles. The number of nitrogens with one attached hydrogen (secondary N) is 1. The van der Waals surface area contributed by atoms with Crippen LogP contribution >= 0.6 is 11.6 Å². The summed E-state index contributed by atoms with van der Waals surface area (Å²) in [5, 5.41) is 16.9. The van der Waals surface area contributed by atoms with E-state index in [0.29, 0.717) is 17.3 Å². The molecule has 22 heavy (non-hydrogen) atoms. The van der Waals surface area contributed by atoms with Crippen LogP contribution in [0.2, 0.25) is 5.02 Å². The van der Waals surface area contributed by atoms with E-state index in [2.05, 4.69) is 10.2 Å². The first-order valence-electron chi connectivity index (χ1n) is 6.86. The molecule has 2 aromatic rings. The van der Waals surface area contributed by atoms with Gasteiger partial charge in [0.1, 0.15) is 5.72 Å². The van der Waals surface area contributed by atoms with Crippen LogP contribution in [0.15, 0.2) is 30.5 Å². The van der Waals surface area contributed by atoms with Gasteiger partial charge in [0.05, 0.1) is 23.4 Å². The zero-order valence-electron chi connectivity index (χ0n) is 12.2. The van der Waals surface area contributed by atoms with E-state index >= 15 is 0 Å². The Kier molecular flexibility index (Phi) is 3.58. The molecule has 1 fully saturated rings. The molecule has 7 heteroatoms. The maximum absolute atomic E-state index is 11.6. The lowest BCUT2D eigenvalue weighted by molar-refractivity contribution is -0.0420. The number of hydrogen-bond donors (Lipinski definition) is 2. The Hall–Kier alpha value is -2.05. The molecule has 0 bridgehead atoms. The number of H-pyrrole nitrogens is 1. The molecule has 1 amide bonds. The molecule has 116 valence electrons. The highest BCUT2D eigenvalue weighted by molar-refractivity contribution is 6.33. The van der Waals surface area contributed by atoms with Gasteiger partial charge in [-0.3, -0.25) is 10.00 Å². The van der Waals surface area contributed by atoms with Crippen molar-refractivity contribution in [3.8, 4) is 11.3 Å². The molecule has 1 aromatic carbocycles. The van der Waals surface area contributed by atoms with Crippen molar-refractivity contribution in [3.05, 3.63) is 41.0 Å². The summed E-state index contributed by atoms with van der Waals surface area (Å²) in [5.41, 5.74) is 1.44. The predicted molar refractivity (Wildman–Crippen MR) is 81.7 cm³/mol. The summed E-state index contributed by atoms with van der Waals surface area (Å²) in [6.07, 6.45) is 0.702. The molecule has 2 N–H and O–H groups in total. The van der Waals surface area contributed by atoms with Crippen LogP contribution in [0, 0.1) is 0 Å². The Morgan fingerprint density at radius 2 is 2.27 bits per heavy atom. The highest BCUT2D eigenvalue weighted by atomic mass is 35.5. The minimum atomic E-state index is -1.01. The van der Waals surface area contributed by atoms with E-state index in [1.165, 1.54) is 4.90 Å². The number of aromatic nitrogens is 2. The molecule has 1 atom stereocenters. The van der Waals surface area contributed by atoms with Crippen LogP contribution in [-0.2, 0) is 4.74 Å². The number of ether oxygens (including phenoxy) is 1. The number of benzene rings is 1. The standard InChI is InChI=1S/C15H16ClN3O3/c1-15(2)19(14(20)21)13(8-22-15)9-3-4-11(16)10(7-9)12-5-6-17-18-12/h3-7,13H,8H2,1-2H3,(H,17,18)(H,20,21). The Morgan fingerprint density at radius 3 is 2.91 bits per heavy atom. The first-order chi connectivity index (χ1) is 10.4. The molecule has 0 spiro atoms. The van der Waals surface area contributed by atoms with Gasteiger partial charge >= 0.3 is 6.09 Å². The SMILES string of the molecule is CC1(C)OCC(c2ccc(Cl)c(-c3cc[nH]n3)c2)N1C(=O)O. The Morgan fingerprint density at radius 1 is 1.50 bits per heavy atom. The van der Waals surface area contributed by atoms with Gasteiger partial charge in [-0.1, -0.05) is 17.7 Å². The monoisotopic (exact) mass is 321 g/mol. The van der Waals surface area contributed by atoms with E-state index in [-0.39, 0.29) is 6.04 Å². The molecule has 3 rings (SSSR count). The van der Waals surface area contributed by atoms with Crippen molar-refractivity contribution < 1.29 is 14.6 Å². The van der Waals surface area contributed by atoms with E-state index in [1.807, 2.05) is 18.2 Å². The minimum absolute atomic E-state index is 0.306. The summed E-state index contributed by atoms with van der Waals surface area (Å²) in [4.78, 5) is 12.9. The van der Waals surface area contributed by atoms with E-state index < -0.39 is 11.8 Å². The van der Waals surface area contributed by atoms with Crippen molar-refractivity contribution in [2.24, 2.45) is 0 Å². The first-order valence-corrected chi connectivity index (χ1v) is 7.24. The van der Waals surface area contributed by atoms with Gasteiger partial charge in [0.25, 0.3) is 0 Å². The van der Waals surface area contributed by atoms with Crippen molar-refractivity contribution >= 4 is 17.7 Å². The molecule has 0 radical (unpaired) electrons. The van der Waals surface area contributed by atoms with Gasteiger partial charge in [0.2, 0.25) is 0 Å². The molecular weight excluding hydrogens is 306 g/mol. The fourth-order valence-electron chi connectivity index (χ4n) is 2.77. The van der Waals surface area contributed by atoms with Gasteiger partial charge in [-0.2, -0.15) is 5.10 Å². The third kappa shape index (κ3) is 2.44. The number of aromatic amines is 1. The first kappa shape index (κ1) is 14.9. The van der Waals surface area contributed by atoms with Gasteiger partial charge < -0.3 is 9.84 Å². The normalized spacial score (nSPS) is 20.3. The minimum Gasteiger partial charge on any atom is -0.465 e. The lowest BCUT2D eigenvalue weighted by Crippen LogP contribution is -2.44. The highest BCUT2D eigenvalue weighted by Crippen LogP contribution is 2.39. The summed E-state index contributed by atoms with van der Waals surface area (Å²) >= 11 is 6.23. The van der Waals surface area contributed by atoms with Crippen molar-refractivity contribution in [3.63, 3.8) is 0 Å². The van der Waals surface area contributed by atoms with Crippen LogP contribution in [0.3, 0.4) is 0 Å². The zero-order chi connectivity index (χ0) is 15.9. The summed E-state index contributed by atoms with van der Waals surface area (Å²) in [5.74, 6) is 0. The van der Waals surface area contributed by atoms with E-state index in [1.54, 1.807) is 26.1 Å². The van der Waals surface area contributed by atoms with Gasteiger partial charge in [-0.25, -0.2) is 4.79 Å². The van der Waals surface area contributed by atoms with Crippen LogP contribution in [0.5, 0.6) is 0 Å². The molecule has 1 aliphatic rings. The van der Waals surface area contributed by atoms with Crippen molar-refractivity contribution in [2.45, 2.75) is 25.6 Å². The highest BCUT2D eigenvalue weighted by Gasteiger charge is 2.44. The second-order valence-electron chi connectivity index (χ2n) is 5.62. The zero-order valence-corrected chi connectivity index (χ0v) is 13.0. The molecule has 1 aromatic heterocycles. The number of rotatable bonds is 2. The number of amides is 1. The van der Waals surface area contributed by atoms with Crippen molar-refractivity contribution in [1.82, 2.24) is 15.1 Å². The molecule has 0 saturated carbocycles. The Labute approximate surface area is 132 Å². The number of nitrogens with zero attached hydrogens (tertiary/aromatic N) is 2. The van der Waals surface area contributed by atoms with Gasteiger partial charge in [0.15, 0.2) is 0 Å².